The highest BCUT2D eigenvalue weighted by molar-refractivity contribution is 5.78. The molecule has 0 saturated carbocycles. The number of para-hydroxylation sites is 1. The first-order valence-corrected chi connectivity index (χ1v) is 10.4. The zero-order chi connectivity index (χ0) is 20.8. The van der Waals surface area contributed by atoms with Gasteiger partial charge in [0.15, 0.2) is 0 Å². The summed E-state index contributed by atoms with van der Waals surface area (Å²) in [6.07, 6.45) is 5.94. The molecule has 2 aliphatic heterocycles. The number of hydrogen-bond donors (Lipinski definition) is 1. The Morgan fingerprint density at radius 3 is 2.40 bits per heavy atom. The Morgan fingerprint density at radius 2 is 1.70 bits per heavy atom. The maximum Gasteiger partial charge on any atom is 0.239 e. The van der Waals surface area contributed by atoms with Crippen molar-refractivity contribution in [3.05, 3.63) is 78.1 Å². The minimum atomic E-state index is 0.0815. The molecule has 0 aromatic heterocycles. The molecule has 6 heteroatoms. The monoisotopic (exact) mass is 401 g/mol. The molecule has 0 atom stereocenters. The third-order valence-corrected chi connectivity index (χ3v) is 5.65. The lowest BCUT2D eigenvalue weighted by atomic mass is 10.0. The summed E-state index contributed by atoms with van der Waals surface area (Å²) in [7, 11) is 0. The van der Waals surface area contributed by atoms with Gasteiger partial charge in [0.1, 0.15) is 0 Å². The smallest absolute Gasteiger partial charge is 0.239 e. The summed E-state index contributed by atoms with van der Waals surface area (Å²) in [4.78, 5) is 19.1. The quantitative estimate of drug-likeness (QED) is 0.807. The van der Waals surface area contributed by atoms with Gasteiger partial charge in [-0.15, -0.1) is 0 Å². The normalized spacial score (nSPS) is 16.6. The van der Waals surface area contributed by atoms with Gasteiger partial charge >= 0.3 is 0 Å². The Kier molecular flexibility index (Phi) is 6.19. The third kappa shape index (κ3) is 5.12. The van der Waals surface area contributed by atoms with Crippen LogP contribution in [0.1, 0.15) is 24.0 Å². The Morgan fingerprint density at radius 1 is 1.00 bits per heavy atom. The molecule has 1 N–H and O–H groups in total. The molecule has 2 aliphatic rings. The van der Waals surface area contributed by atoms with Crippen LogP contribution in [0, 0.1) is 11.3 Å². The Hall–Kier alpha value is -3.46. The maximum atomic E-state index is 12.5. The molecule has 2 aromatic carbocycles. The molecule has 2 aromatic rings. The number of carbonyl (C=O) groups is 1. The van der Waals surface area contributed by atoms with E-state index < -0.39 is 0 Å². The van der Waals surface area contributed by atoms with E-state index in [-0.39, 0.29) is 11.9 Å². The molecule has 0 aliphatic carbocycles. The van der Waals surface area contributed by atoms with Crippen molar-refractivity contribution in [1.29, 1.82) is 5.26 Å². The summed E-state index contributed by atoms with van der Waals surface area (Å²) >= 11 is 0. The van der Waals surface area contributed by atoms with E-state index in [4.69, 9.17) is 5.26 Å². The number of hydrogen-bond acceptors (Lipinski definition) is 5. The van der Waals surface area contributed by atoms with Gasteiger partial charge < -0.3 is 20.0 Å². The second-order valence-electron chi connectivity index (χ2n) is 7.91. The molecular formula is C24H27N5O. The number of rotatable bonds is 6. The van der Waals surface area contributed by atoms with Crippen molar-refractivity contribution in [2.24, 2.45) is 0 Å². The average Bonchev–Trinajstić information content (AvgIpc) is 3.22. The Balaban J connectivity index is 1.18. The number of nitrogens with zero attached hydrogens (tertiary/aromatic N) is 4. The topological polar surface area (TPSA) is 62.6 Å². The molecule has 0 spiro atoms. The van der Waals surface area contributed by atoms with Crippen LogP contribution in [-0.2, 0) is 11.3 Å². The first-order valence-electron chi connectivity index (χ1n) is 10.4. The number of piperidine rings is 1. The third-order valence-electron chi connectivity index (χ3n) is 5.65. The van der Waals surface area contributed by atoms with Crippen molar-refractivity contribution in [2.75, 3.05) is 31.2 Å². The predicted molar refractivity (Wildman–Crippen MR) is 117 cm³/mol. The zero-order valence-electron chi connectivity index (χ0n) is 17.1. The first-order chi connectivity index (χ1) is 14.7. The lowest BCUT2D eigenvalue weighted by Gasteiger charge is -2.34. The second-order valence-corrected chi connectivity index (χ2v) is 7.91. The fourth-order valence-corrected chi connectivity index (χ4v) is 4.02. The molecule has 30 heavy (non-hydrogen) atoms. The number of carbonyl (C=O) groups excluding carboxylic acids is 1. The fourth-order valence-electron chi connectivity index (χ4n) is 4.02. The predicted octanol–water partition coefficient (Wildman–Crippen LogP) is 2.89. The summed E-state index contributed by atoms with van der Waals surface area (Å²) < 4.78 is 0. The van der Waals surface area contributed by atoms with E-state index in [1.165, 1.54) is 5.69 Å². The minimum Gasteiger partial charge on any atom is -0.371 e. The van der Waals surface area contributed by atoms with Crippen LogP contribution in [0.25, 0.3) is 0 Å². The van der Waals surface area contributed by atoms with Gasteiger partial charge in [0.05, 0.1) is 24.8 Å². The second kappa shape index (κ2) is 9.36. The van der Waals surface area contributed by atoms with Crippen LogP contribution in [-0.4, -0.2) is 48.1 Å². The molecule has 154 valence electrons. The van der Waals surface area contributed by atoms with Crippen molar-refractivity contribution in [1.82, 2.24) is 15.1 Å². The van der Waals surface area contributed by atoms with E-state index in [0.29, 0.717) is 18.8 Å². The summed E-state index contributed by atoms with van der Waals surface area (Å²) in [5.41, 5.74) is 3.07. The highest BCUT2D eigenvalue weighted by Gasteiger charge is 2.22. The summed E-state index contributed by atoms with van der Waals surface area (Å²) in [5, 5.41) is 12.1. The highest BCUT2D eigenvalue weighted by atomic mass is 16.2. The van der Waals surface area contributed by atoms with E-state index in [2.05, 4.69) is 45.5 Å². The molecular weight excluding hydrogens is 374 g/mol. The van der Waals surface area contributed by atoms with Gasteiger partial charge in [0.25, 0.3) is 0 Å². The highest BCUT2D eigenvalue weighted by Crippen LogP contribution is 2.19. The molecule has 0 radical (unpaired) electrons. The van der Waals surface area contributed by atoms with Crippen LogP contribution >= 0.6 is 0 Å². The zero-order valence-corrected chi connectivity index (χ0v) is 17.1. The molecule has 1 amide bonds. The van der Waals surface area contributed by atoms with E-state index >= 15 is 0 Å². The Bertz CT molecular complexity index is 911. The van der Waals surface area contributed by atoms with E-state index in [1.807, 2.05) is 47.6 Å². The largest absolute Gasteiger partial charge is 0.371 e. The summed E-state index contributed by atoms with van der Waals surface area (Å²) in [6, 6.07) is 20.5. The van der Waals surface area contributed by atoms with Crippen LogP contribution in [0.15, 0.2) is 67.0 Å². The van der Waals surface area contributed by atoms with Gasteiger partial charge in [-0.3, -0.25) is 4.79 Å². The molecule has 6 nitrogen and oxygen atoms in total. The van der Waals surface area contributed by atoms with Crippen LogP contribution in [0.2, 0.25) is 0 Å². The van der Waals surface area contributed by atoms with Gasteiger partial charge in [-0.05, 0) is 42.7 Å². The molecule has 4 rings (SSSR count). The number of anilines is 1. The molecule has 2 heterocycles. The number of nitriles is 1. The minimum absolute atomic E-state index is 0.0815. The van der Waals surface area contributed by atoms with Crippen molar-refractivity contribution in [3.8, 4) is 6.07 Å². The average molecular weight is 402 g/mol. The molecule has 1 saturated heterocycles. The first kappa shape index (κ1) is 19.8. The van der Waals surface area contributed by atoms with Crippen molar-refractivity contribution >= 4 is 11.6 Å². The van der Waals surface area contributed by atoms with Gasteiger partial charge in [-0.1, -0.05) is 30.3 Å². The van der Waals surface area contributed by atoms with Crippen molar-refractivity contribution in [3.63, 3.8) is 0 Å². The van der Waals surface area contributed by atoms with Gasteiger partial charge in [-0.25, -0.2) is 0 Å². The summed E-state index contributed by atoms with van der Waals surface area (Å²) in [6.45, 7) is 3.77. The number of nitrogens with one attached hydrogen (secondary N) is 1. The standard InChI is InChI=1S/C24H27N5O/c25-16-20-6-8-21(9-7-20)17-27-14-15-28(19-27)18-24(30)26-22-10-12-29(13-11-22)23-4-2-1-3-5-23/h1-9,14-15,22H,10-13,17-19H2,(H,26,30). The van der Waals surface area contributed by atoms with E-state index in [9.17, 15) is 4.79 Å². The van der Waals surface area contributed by atoms with Gasteiger partial charge in [0, 0.05) is 43.8 Å². The lowest BCUT2D eigenvalue weighted by Crippen LogP contribution is -2.47. The van der Waals surface area contributed by atoms with E-state index in [1.54, 1.807) is 0 Å². The number of amides is 1. The van der Waals surface area contributed by atoms with E-state index in [0.717, 1.165) is 38.0 Å². The van der Waals surface area contributed by atoms with Gasteiger partial charge in [0.2, 0.25) is 5.91 Å². The van der Waals surface area contributed by atoms with Gasteiger partial charge in [-0.2, -0.15) is 5.26 Å². The molecule has 0 bridgehead atoms. The number of benzene rings is 2. The maximum absolute atomic E-state index is 12.5. The summed E-state index contributed by atoms with van der Waals surface area (Å²) in [5.74, 6) is 0.0815. The molecule has 0 unspecified atom stereocenters. The fraction of sp³-hybridized carbons (Fsp3) is 0.333. The van der Waals surface area contributed by atoms with Crippen LogP contribution < -0.4 is 10.2 Å². The van der Waals surface area contributed by atoms with Crippen molar-refractivity contribution in [2.45, 2.75) is 25.4 Å². The molecule has 1 fully saturated rings. The van der Waals surface area contributed by atoms with Crippen LogP contribution in [0.5, 0.6) is 0 Å². The van der Waals surface area contributed by atoms with Crippen LogP contribution in [0.4, 0.5) is 5.69 Å². The van der Waals surface area contributed by atoms with Crippen molar-refractivity contribution < 1.29 is 4.79 Å². The Labute approximate surface area is 178 Å². The lowest BCUT2D eigenvalue weighted by molar-refractivity contribution is -0.122. The SMILES string of the molecule is N#Cc1ccc(CN2C=CN(CC(=O)NC3CCN(c4ccccc4)CC3)C2)cc1. The van der Waals surface area contributed by atoms with Crippen LogP contribution in [0.3, 0.4) is 0 Å².